The maximum Gasteiger partial charge on any atom is 0.0950 e. The summed E-state index contributed by atoms with van der Waals surface area (Å²) in [7, 11) is 0. The van der Waals surface area contributed by atoms with Crippen molar-refractivity contribution in [2.24, 2.45) is 11.3 Å². The van der Waals surface area contributed by atoms with Crippen LogP contribution in [0.4, 0.5) is 0 Å². The molecule has 0 aromatic carbocycles. The minimum Gasteiger partial charge on any atom is -0.472 e. The highest BCUT2D eigenvalue weighted by Crippen LogP contribution is 2.30. The Hall–Kier alpha value is -0.760. The lowest BCUT2D eigenvalue weighted by molar-refractivity contribution is 0.276. The maximum absolute atomic E-state index is 5.18. The molecule has 0 saturated carbocycles. The highest BCUT2D eigenvalue weighted by Gasteiger charge is 2.20. The van der Waals surface area contributed by atoms with E-state index in [1.54, 1.807) is 6.26 Å². The van der Waals surface area contributed by atoms with Crippen LogP contribution in [0.15, 0.2) is 23.0 Å². The molecule has 2 atom stereocenters. The second-order valence-corrected chi connectivity index (χ2v) is 6.27. The molecular formula is C15H27NO. The summed E-state index contributed by atoms with van der Waals surface area (Å²) in [4.78, 5) is 0. The van der Waals surface area contributed by atoms with Crippen molar-refractivity contribution >= 4 is 0 Å². The number of nitrogens with one attached hydrogen (secondary N) is 1. The van der Waals surface area contributed by atoms with E-state index in [9.17, 15) is 0 Å². The lowest BCUT2D eigenvalue weighted by atomic mass is 9.82. The van der Waals surface area contributed by atoms with Crippen LogP contribution in [-0.4, -0.2) is 6.54 Å². The molecule has 1 N–H and O–H groups in total. The summed E-state index contributed by atoms with van der Waals surface area (Å²) >= 11 is 0. The van der Waals surface area contributed by atoms with Crippen molar-refractivity contribution in [1.82, 2.24) is 5.32 Å². The fourth-order valence-corrected chi connectivity index (χ4v) is 2.59. The summed E-state index contributed by atoms with van der Waals surface area (Å²) in [5, 5.41) is 3.54. The first kappa shape index (κ1) is 14.3. The van der Waals surface area contributed by atoms with E-state index in [1.165, 1.54) is 18.4 Å². The van der Waals surface area contributed by atoms with Crippen LogP contribution >= 0.6 is 0 Å². The predicted octanol–water partition coefficient (Wildman–Crippen LogP) is 4.39. The van der Waals surface area contributed by atoms with E-state index in [0.29, 0.717) is 17.4 Å². The maximum atomic E-state index is 5.18. The van der Waals surface area contributed by atoms with Gasteiger partial charge in [-0.05, 0) is 36.8 Å². The Bertz CT molecular complexity index is 297. The van der Waals surface area contributed by atoms with Crippen LogP contribution < -0.4 is 5.32 Å². The molecule has 0 radical (unpaired) electrons. The zero-order chi connectivity index (χ0) is 12.9. The van der Waals surface area contributed by atoms with Gasteiger partial charge in [0.15, 0.2) is 0 Å². The van der Waals surface area contributed by atoms with Crippen LogP contribution in [0, 0.1) is 11.3 Å². The summed E-state index contributed by atoms with van der Waals surface area (Å²) < 4.78 is 5.18. The highest BCUT2D eigenvalue weighted by molar-refractivity contribution is 5.11. The molecule has 0 saturated heterocycles. The molecule has 0 aliphatic heterocycles. The van der Waals surface area contributed by atoms with Crippen molar-refractivity contribution in [2.75, 3.05) is 6.54 Å². The Labute approximate surface area is 106 Å². The summed E-state index contributed by atoms with van der Waals surface area (Å²) in [5.74, 6) is 0.717. The second-order valence-electron chi connectivity index (χ2n) is 6.27. The van der Waals surface area contributed by atoms with Crippen LogP contribution in [0.5, 0.6) is 0 Å². The molecule has 0 aliphatic carbocycles. The van der Waals surface area contributed by atoms with Gasteiger partial charge in [-0.2, -0.15) is 0 Å². The van der Waals surface area contributed by atoms with Crippen molar-refractivity contribution < 1.29 is 4.42 Å². The number of hydrogen-bond donors (Lipinski definition) is 1. The monoisotopic (exact) mass is 237 g/mol. The third-order valence-electron chi connectivity index (χ3n) is 2.99. The van der Waals surface area contributed by atoms with Crippen LogP contribution in [0.2, 0.25) is 0 Å². The normalized spacial score (nSPS) is 15.8. The predicted molar refractivity (Wildman–Crippen MR) is 73.0 cm³/mol. The molecule has 2 heteroatoms. The van der Waals surface area contributed by atoms with E-state index in [-0.39, 0.29) is 0 Å². The molecule has 0 bridgehead atoms. The first-order valence-corrected chi connectivity index (χ1v) is 6.68. The van der Waals surface area contributed by atoms with E-state index in [1.807, 2.05) is 6.26 Å². The molecule has 1 aromatic heterocycles. The standard InChI is InChI=1S/C15H27NO/c1-6-16-14(13-7-8-17-11-13)9-12(2)10-15(3,4)5/h7-8,11-12,14,16H,6,9-10H2,1-5H3. The average molecular weight is 237 g/mol. The van der Waals surface area contributed by atoms with Crippen molar-refractivity contribution in [2.45, 2.75) is 53.5 Å². The van der Waals surface area contributed by atoms with Gasteiger partial charge < -0.3 is 9.73 Å². The van der Waals surface area contributed by atoms with E-state index in [4.69, 9.17) is 4.42 Å². The van der Waals surface area contributed by atoms with Gasteiger partial charge in [-0.1, -0.05) is 34.6 Å². The van der Waals surface area contributed by atoms with Gasteiger partial charge in [0.2, 0.25) is 0 Å². The topological polar surface area (TPSA) is 25.2 Å². The molecule has 1 aromatic rings. The van der Waals surface area contributed by atoms with E-state index in [2.05, 4.69) is 46.0 Å². The molecule has 0 fully saturated rings. The van der Waals surface area contributed by atoms with Crippen LogP contribution in [0.25, 0.3) is 0 Å². The van der Waals surface area contributed by atoms with E-state index < -0.39 is 0 Å². The quantitative estimate of drug-likeness (QED) is 0.793. The van der Waals surface area contributed by atoms with Crippen molar-refractivity contribution in [3.63, 3.8) is 0 Å². The van der Waals surface area contributed by atoms with E-state index in [0.717, 1.165) is 6.54 Å². The third kappa shape index (κ3) is 5.40. The summed E-state index contributed by atoms with van der Waals surface area (Å²) in [6, 6.07) is 2.49. The zero-order valence-electron chi connectivity index (χ0n) is 11.9. The minimum atomic E-state index is 0.409. The Balaban J connectivity index is 2.55. The van der Waals surface area contributed by atoms with Gasteiger partial charge in [-0.25, -0.2) is 0 Å². The second kappa shape index (κ2) is 6.25. The SMILES string of the molecule is CCNC(CC(C)CC(C)(C)C)c1ccoc1. The smallest absolute Gasteiger partial charge is 0.0950 e. The fraction of sp³-hybridized carbons (Fsp3) is 0.733. The van der Waals surface area contributed by atoms with Gasteiger partial charge >= 0.3 is 0 Å². The van der Waals surface area contributed by atoms with Gasteiger partial charge in [0, 0.05) is 11.6 Å². The van der Waals surface area contributed by atoms with Crippen LogP contribution in [-0.2, 0) is 0 Å². The molecule has 1 heterocycles. The molecular weight excluding hydrogens is 210 g/mol. The summed E-state index contributed by atoms with van der Waals surface area (Å²) in [5.41, 5.74) is 1.68. The van der Waals surface area contributed by atoms with Crippen molar-refractivity contribution in [3.8, 4) is 0 Å². The summed E-state index contributed by atoms with van der Waals surface area (Å²) in [6.45, 7) is 12.4. The minimum absolute atomic E-state index is 0.409. The third-order valence-corrected chi connectivity index (χ3v) is 2.99. The van der Waals surface area contributed by atoms with Crippen LogP contribution in [0.3, 0.4) is 0 Å². The van der Waals surface area contributed by atoms with Crippen molar-refractivity contribution in [3.05, 3.63) is 24.2 Å². The van der Waals surface area contributed by atoms with Gasteiger partial charge in [-0.3, -0.25) is 0 Å². The molecule has 0 aliphatic rings. The lowest BCUT2D eigenvalue weighted by Gasteiger charge is -2.26. The molecule has 1 rings (SSSR count). The number of rotatable bonds is 6. The molecule has 0 amide bonds. The van der Waals surface area contributed by atoms with Gasteiger partial charge in [0.25, 0.3) is 0 Å². The molecule has 17 heavy (non-hydrogen) atoms. The van der Waals surface area contributed by atoms with Crippen molar-refractivity contribution in [1.29, 1.82) is 0 Å². The Morgan fingerprint density at radius 3 is 2.53 bits per heavy atom. The first-order chi connectivity index (χ1) is 7.92. The largest absolute Gasteiger partial charge is 0.472 e. The zero-order valence-corrected chi connectivity index (χ0v) is 11.9. The van der Waals surface area contributed by atoms with Crippen LogP contribution in [0.1, 0.15) is 59.1 Å². The average Bonchev–Trinajstić information content (AvgIpc) is 2.66. The highest BCUT2D eigenvalue weighted by atomic mass is 16.3. The lowest BCUT2D eigenvalue weighted by Crippen LogP contribution is -2.24. The molecule has 2 nitrogen and oxygen atoms in total. The summed E-state index contributed by atoms with van der Waals surface area (Å²) in [6.07, 6.45) is 6.04. The number of furan rings is 1. The van der Waals surface area contributed by atoms with Gasteiger partial charge in [0.1, 0.15) is 0 Å². The molecule has 0 spiro atoms. The first-order valence-electron chi connectivity index (χ1n) is 6.68. The van der Waals surface area contributed by atoms with Gasteiger partial charge in [0.05, 0.1) is 12.5 Å². The molecule has 98 valence electrons. The Morgan fingerprint density at radius 2 is 2.06 bits per heavy atom. The van der Waals surface area contributed by atoms with E-state index >= 15 is 0 Å². The number of hydrogen-bond acceptors (Lipinski definition) is 2. The van der Waals surface area contributed by atoms with Gasteiger partial charge in [-0.15, -0.1) is 0 Å². The fourth-order valence-electron chi connectivity index (χ4n) is 2.59. The molecule has 2 unspecified atom stereocenters. The Morgan fingerprint density at radius 1 is 1.35 bits per heavy atom. The Kier molecular flexibility index (Phi) is 5.26.